The Bertz CT molecular complexity index is 114. The van der Waals surface area contributed by atoms with Crippen molar-refractivity contribution >= 4 is 5.84 Å². The summed E-state index contributed by atoms with van der Waals surface area (Å²) in [5.41, 5.74) is 5.37. The maximum absolute atomic E-state index is 5.37. The van der Waals surface area contributed by atoms with E-state index in [9.17, 15) is 0 Å². The number of hydrogen-bond acceptors (Lipinski definition) is 2. The minimum atomic E-state index is 0.471. The third kappa shape index (κ3) is 4.32. The first-order chi connectivity index (χ1) is 4.54. The van der Waals surface area contributed by atoms with Crippen LogP contribution in [-0.4, -0.2) is 37.4 Å². The Morgan fingerprint density at radius 2 is 2.10 bits per heavy atom. The largest absolute Gasteiger partial charge is 0.388 e. The third-order valence-corrected chi connectivity index (χ3v) is 1.49. The highest BCUT2D eigenvalue weighted by Crippen LogP contribution is 1.90. The highest BCUT2D eigenvalue weighted by molar-refractivity contribution is 5.77. The monoisotopic (exact) mass is 143 g/mol. The van der Waals surface area contributed by atoms with Crippen molar-refractivity contribution in [2.75, 3.05) is 20.6 Å². The molecule has 1 atom stereocenters. The van der Waals surface area contributed by atoms with Crippen LogP contribution in [-0.2, 0) is 0 Å². The molecular formula is C7H17N3. The summed E-state index contributed by atoms with van der Waals surface area (Å²) in [6, 6.07) is 0.471. The maximum atomic E-state index is 5.37. The van der Waals surface area contributed by atoms with E-state index in [2.05, 4.69) is 16.8 Å². The highest BCUT2D eigenvalue weighted by atomic mass is 15.1. The van der Waals surface area contributed by atoms with Gasteiger partial charge in [-0.1, -0.05) is 0 Å². The van der Waals surface area contributed by atoms with E-state index in [1.807, 2.05) is 21.0 Å². The molecule has 0 aromatic carbocycles. The molecule has 0 radical (unpaired) electrons. The lowest BCUT2D eigenvalue weighted by Gasteiger charge is -2.16. The quantitative estimate of drug-likeness (QED) is 0.456. The summed E-state index contributed by atoms with van der Waals surface area (Å²) in [5, 5.41) is 0. The molecule has 0 aliphatic rings. The molecule has 0 heterocycles. The maximum Gasteiger partial charge on any atom is 0.0906 e. The lowest BCUT2D eigenvalue weighted by molar-refractivity contribution is 0.321. The van der Waals surface area contributed by atoms with Crippen molar-refractivity contribution in [1.82, 2.24) is 4.90 Å². The Balaban J connectivity index is 3.59. The molecule has 0 fully saturated rings. The molecule has 0 aromatic rings. The van der Waals surface area contributed by atoms with Crippen molar-refractivity contribution in [2.24, 2.45) is 10.7 Å². The summed E-state index contributed by atoms with van der Waals surface area (Å²) in [7, 11) is 4.07. The summed E-state index contributed by atoms with van der Waals surface area (Å²) in [5.74, 6) is 0.661. The summed E-state index contributed by atoms with van der Waals surface area (Å²) in [6.45, 7) is 4.71. The van der Waals surface area contributed by atoms with Gasteiger partial charge in [0.1, 0.15) is 0 Å². The van der Waals surface area contributed by atoms with E-state index < -0.39 is 0 Å². The van der Waals surface area contributed by atoms with E-state index >= 15 is 0 Å². The fourth-order valence-electron chi connectivity index (χ4n) is 0.439. The van der Waals surface area contributed by atoms with Crippen molar-refractivity contribution in [2.45, 2.75) is 19.9 Å². The highest BCUT2D eigenvalue weighted by Gasteiger charge is 2.01. The molecule has 3 nitrogen and oxygen atoms in total. The smallest absolute Gasteiger partial charge is 0.0906 e. The van der Waals surface area contributed by atoms with Crippen LogP contribution in [0.15, 0.2) is 4.99 Å². The van der Waals surface area contributed by atoms with Crippen LogP contribution in [0.2, 0.25) is 0 Å². The summed E-state index contributed by atoms with van der Waals surface area (Å²) in [6.07, 6.45) is 0. The molecule has 0 saturated carbocycles. The van der Waals surface area contributed by atoms with E-state index in [-0.39, 0.29) is 0 Å². The number of aliphatic imine (C=N–C) groups is 1. The van der Waals surface area contributed by atoms with Gasteiger partial charge in [0, 0.05) is 6.04 Å². The predicted molar refractivity (Wildman–Crippen MR) is 45.3 cm³/mol. The van der Waals surface area contributed by atoms with E-state index in [0.717, 1.165) is 6.54 Å². The van der Waals surface area contributed by atoms with Crippen molar-refractivity contribution in [3.05, 3.63) is 0 Å². The van der Waals surface area contributed by atoms with E-state index in [0.29, 0.717) is 11.9 Å². The van der Waals surface area contributed by atoms with Gasteiger partial charge in [0.05, 0.1) is 12.4 Å². The number of amidine groups is 1. The average molecular weight is 143 g/mol. The third-order valence-electron chi connectivity index (χ3n) is 1.49. The molecule has 10 heavy (non-hydrogen) atoms. The summed E-state index contributed by atoms with van der Waals surface area (Å²) >= 11 is 0. The lowest BCUT2D eigenvalue weighted by atomic mass is 10.3. The Labute approximate surface area is 62.9 Å². The fraction of sp³-hybridized carbons (Fsp3) is 0.857. The van der Waals surface area contributed by atoms with Gasteiger partial charge in [-0.2, -0.15) is 0 Å². The van der Waals surface area contributed by atoms with Gasteiger partial charge in [-0.25, -0.2) is 0 Å². The van der Waals surface area contributed by atoms with Crippen LogP contribution in [0.3, 0.4) is 0 Å². The molecule has 0 rings (SSSR count). The van der Waals surface area contributed by atoms with Crippen molar-refractivity contribution in [3.63, 3.8) is 0 Å². The van der Waals surface area contributed by atoms with Crippen molar-refractivity contribution < 1.29 is 0 Å². The van der Waals surface area contributed by atoms with Crippen LogP contribution in [0.1, 0.15) is 13.8 Å². The Kier molecular flexibility index (Phi) is 4.03. The van der Waals surface area contributed by atoms with Crippen LogP contribution in [0.4, 0.5) is 0 Å². The van der Waals surface area contributed by atoms with E-state index in [1.165, 1.54) is 0 Å². The van der Waals surface area contributed by atoms with Crippen LogP contribution >= 0.6 is 0 Å². The second-order valence-electron chi connectivity index (χ2n) is 2.79. The van der Waals surface area contributed by atoms with Gasteiger partial charge >= 0.3 is 0 Å². The molecule has 0 aliphatic carbocycles. The number of likely N-dealkylation sites (N-methyl/N-ethyl adjacent to an activating group) is 1. The molecule has 0 aromatic heterocycles. The number of hydrogen-bond donors (Lipinski definition) is 1. The molecule has 0 bridgehead atoms. The molecular weight excluding hydrogens is 126 g/mol. The zero-order chi connectivity index (χ0) is 8.15. The zero-order valence-electron chi connectivity index (χ0n) is 7.26. The number of nitrogens with two attached hydrogens (primary N) is 1. The first-order valence-electron chi connectivity index (χ1n) is 3.47. The first-order valence-corrected chi connectivity index (χ1v) is 3.47. The fourth-order valence-corrected chi connectivity index (χ4v) is 0.439. The van der Waals surface area contributed by atoms with Crippen molar-refractivity contribution in [3.8, 4) is 0 Å². The molecule has 2 N–H and O–H groups in total. The molecule has 0 amide bonds. The second kappa shape index (κ2) is 4.28. The lowest BCUT2D eigenvalue weighted by Crippen LogP contribution is -2.28. The number of nitrogens with zero attached hydrogens (tertiary/aromatic N) is 2. The van der Waals surface area contributed by atoms with Gasteiger partial charge in [0.2, 0.25) is 0 Å². The molecule has 3 heteroatoms. The van der Waals surface area contributed by atoms with E-state index in [4.69, 9.17) is 5.73 Å². The standard InChI is InChI=1S/C7H17N3/c1-6(10(3)4)5-9-7(2)8/h6H,5H2,1-4H3,(H2,8,9). The minimum absolute atomic E-state index is 0.471. The summed E-state index contributed by atoms with van der Waals surface area (Å²) < 4.78 is 0. The predicted octanol–water partition coefficient (Wildman–Crippen LogP) is 0.314. The molecule has 0 saturated heterocycles. The van der Waals surface area contributed by atoms with Gasteiger partial charge < -0.3 is 10.6 Å². The summed E-state index contributed by atoms with van der Waals surface area (Å²) in [4.78, 5) is 6.22. The first kappa shape index (κ1) is 9.43. The van der Waals surface area contributed by atoms with E-state index in [1.54, 1.807) is 0 Å². The average Bonchev–Trinajstić information content (AvgIpc) is 1.82. The van der Waals surface area contributed by atoms with Crippen LogP contribution < -0.4 is 5.73 Å². The second-order valence-corrected chi connectivity index (χ2v) is 2.79. The van der Waals surface area contributed by atoms with Gasteiger partial charge in [0.25, 0.3) is 0 Å². The topological polar surface area (TPSA) is 41.6 Å². The normalized spacial score (nSPS) is 15.9. The van der Waals surface area contributed by atoms with Gasteiger partial charge in [-0.05, 0) is 27.9 Å². The van der Waals surface area contributed by atoms with Crippen LogP contribution in [0.5, 0.6) is 0 Å². The Hall–Kier alpha value is -0.570. The Morgan fingerprint density at radius 1 is 1.60 bits per heavy atom. The number of rotatable bonds is 3. The Morgan fingerprint density at radius 3 is 2.40 bits per heavy atom. The van der Waals surface area contributed by atoms with Crippen LogP contribution in [0, 0.1) is 0 Å². The minimum Gasteiger partial charge on any atom is -0.388 e. The van der Waals surface area contributed by atoms with Gasteiger partial charge in [-0.15, -0.1) is 0 Å². The molecule has 0 aliphatic heterocycles. The SMILES string of the molecule is CC(N)=NCC(C)N(C)C. The van der Waals surface area contributed by atoms with Crippen molar-refractivity contribution in [1.29, 1.82) is 0 Å². The van der Waals surface area contributed by atoms with Crippen LogP contribution in [0.25, 0.3) is 0 Å². The van der Waals surface area contributed by atoms with Gasteiger partial charge in [-0.3, -0.25) is 4.99 Å². The van der Waals surface area contributed by atoms with Gasteiger partial charge in [0.15, 0.2) is 0 Å². The molecule has 1 unspecified atom stereocenters. The zero-order valence-corrected chi connectivity index (χ0v) is 7.26. The molecule has 60 valence electrons. The molecule has 0 spiro atoms.